The van der Waals surface area contributed by atoms with Crippen LogP contribution in [0.2, 0.25) is 0 Å². The third kappa shape index (κ3) is 1.81. The van der Waals surface area contributed by atoms with Crippen LogP contribution >= 0.6 is 0 Å². The Morgan fingerprint density at radius 1 is 1.00 bits per heavy atom. The lowest BCUT2D eigenvalue weighted by Gasteiger charge is -2.27. The van der Waals surface area contributed by atoms with E-state index >= 15 is 0 Å². The van der Waals surface area contributed by atoms with Gasteiger partial charge in [0.05, 0.1) is 0 Å². The highest BCUT2D eigenvalue weighted by Gasteiger charge is 2.64. The molecule has 0 bridgehead atoms. The van der Waals surface area contributed by atoms with Crippen molar-refractivity contribution in [3.8, 4) is 5.75 Å². The topological polar surface area (TPSA) is 20.2 Å². The zero-order chi connectivity index (χ0) is 12.6. The number of para-hydroxylation sites is 1. The highest BCUT2D eigenvalue weighted by Crippen LogP contribution is 2.49. The van der Waals surface area contributed by atoms with Crippen LogP contribution in [0.25, 0.3) is 0 Å². The Balaban J connectivity index is 3.40. The maximum absolute atomic E-state index is 13.4. The quantitative estimate of drug-likeness (QED) is 0.790. The molecule has 0 saturated heterocycles. The summed E-state index contributed by atoms with van der Waals surface area (Å²) >= 11 is 0. The maximum Gasteiger partial charge on any atom is 0.432 e. The minimum Gasteiger partial charge on any atom is -0.508 e. The number of aromatic hydroxyl groups is 1. The molecule has 1 N–H and O–H groups in total. The molecule has 16 heavy (non-hydrogen) atoms. The van der Waals surface area contributed by atoms with E-state index in [4.69, 9.17) is 5.11 Å². The Hall–Kier alpha value is -1.40. The van der Waals surface area contributed by atoms with E-state index in [1.54, 1.807) is 0 Å². The van der Waals surface area contributed by atoms with E-state index in [1.165, 1.54) is 0 Å². The minimum absolute atomic E-state index is 0.467. The van der Waals surface area contributed by atoms with Crippen LogP contribution in [0, 0.1) is 0 Å². The molecule has 0 saturated carbocycles. The van der Waals surface area contributed by atoms with Gasteiger partial charge in [-0.2, -0.15) is 13.2 Å². The Morgan fingerprint density at radius 2 is 1.50 bits per heavy atom. The van der Waals surface area contributed by atoms with Crippen molar-refractivity contribution in [1.82, 2.24) is 0 Å². The fraction of sp³-hybridized carbons (Fsp3) is 0.333. The number of hydrogen-bond donors (Lipinski definition) is 1. The summed E-state index contributed by atoms with van der Waals surface area (Å²) in [6, 6.07) is 3.20. The fourth-order valence-electron chi connectivity index (χ4n) is 1.18. The standard InChI is InChI=1S/C9H6F6O/c10-7(11)8(12,9(13,14)15)5-3-1-2-4-6(5)16/h1-4,7,16H. The Morgan fingerprint density at radius 3 is 1.88 bits per heavy atom. The van der Waals surface area contributed by atoms with Gasteiger partial charge in [-0.3, -0.25) is 0 Å². The van der Waals surface area contributed by atoms with Gasteiger partial charge in [0, 0.05) is 5.56 Å². The first-order valence-corrected chi connectivity index (χ1v) is 4.03. The Labute approximate surface area is 86.3 Å². The monoisotopic (exact) mass is 244 g/mol. The van der Waals surface area contributed by atoms with E-state index < -0.39 is 29.6 Å². The summed E-state index contributed by atoms with van der Waals surface area (Å²) in [5.41, 5.74) is -6.35. The normalized spacial score (nSPS) is 16.2. The highest BCUT2D eigenvalue weighted by molar-refractivity contribution is 5.38. The first-order valence-electron chi connectivity index (χ1n) is 4.03. The van der Waals surface area contributed by atoms with Crippen LogP contribution in [-0.4, -0.2) is 17.7 Å². The van der Waals surface area contributed by atoms with E-state index in [0.717, 1.165) is 12.1 Å². The van der Waals surface area contributed by atoms with Crippen molar-refractivity contribution >= 4 is 0 Å². The number of halogens is 6. The molecular weight excluding hydrogens is 238 g/mol. The lowest BCUT2D eigenvalue weighted by Crippen LogP contribution is -2.44. The zero-order valence-corrected chi connectivity index (χ0v) is 7.60. The molecule has 0 aliphatic carbocycles. The van der Waals surface area contributed by atoms with E-state index in [-0.39, 0.29) is 0 Å². The number of alkyl halides is 6. The van der Waals surface area contributed by atoms with Gasteiger partial charge in [-0.1, -0.05) is 18.2 Å². The molecule has 7 heteroatoms. The number of rotatable bonds is 2. The van der Waals surface area contributed by atoms with Crippen molar-refractivity contribution < 1.29 is 31.4 Å². The van der Waals surface area contributed by atoms with Gasteiger partial charge in [0.25, 0.3) is 12.1 Å². The smallest absolute Gasteiger partial charge is 0.432 e. The van der Waals surface area contributed by atoms with Crippen molar-refractivity contribution in [2.75, 3.05) is 0 Å². The first-order chi connectivity index (χ1) is 7.21. The maximum atomic E-state index is 13.4. The van der Waals surface area contributed by atoms with Gasteiger partial charge < -0.3 is 5.11 Å². The second-order valence-corrected chi connectivity index (χ2v) is 3.03. The number of phenols is 1. The minimum atomic E-state index is -5.81. The summed E-state index contributed by atoms with van der Waals surface area (Å²) in [7, 11) is 0. The molecule has 1 aromatic rings. The van der Waals surface area contributed by atoms with Crippen LogP contribution in [0.5, 0.6) is 5.75 Å². The van der Waals surface area contributed by atoms with E-state index in [2.05, 4.69) is 0 Å². The predicted octanol–water partition coefficient (Wildman–Crippen LogP) is 3.38. The fourth-order valence-corrected chi connectivity index (χ4v) is 1.18. The number of hydrogen-bond acceptors (Lipinski definition) is 1. The molecule has 1 rings (SSSR count). The van der Waals surface area contributed by atoms with Crippen LogP contribution < -0.4 is 0 Å². The van der Waals surface area contributed by atoms with Crippen LogP contribution in [0.4, 0.5) is 26.3 Å². The molecule has 1 atom stereocenters. The molecule has 1 aromatic carbocycles. The molecule has 1 nitrogen and oxygen atoms in total. The summed E-state index contributed by atoms with van der Waals surface area (Å²) in [6.07, 6.45) is -10.1. The zero-order valence-electron chi connectivity index (χ0n) is 7.60. The van der Waals surface area contributed by atoms with Gasteiger partial charge in [0.2, 0.25) is 0 Å². The van der Waals surface area contributed by atoms with E-state index in [9.17, 15) is 26.3 Å². The largest absolute Gasteiger partial charge is 0.508 e. The molecule has 0 aliphatic rings. The van der Waals surface area contributed by atoms with E-state index in [0.29, 0.717) is 12.1 Å². The Bertz CT molecular complexity index is 375. The second kappa shape index (κ2) is 3.88. The summed E-state index contributed by atoms with van der Waals surface area (Å²) in [5, 5.41) is 8.99. The van der Waals surface area contributed by atoms with Gasteiger partial charge in [0.1, 0.15) is 5.75 Å². The van der Waals surface area contributed by atoms with Crippen molar-refractivity contribution in [1.29, 1.82) is 0 Å². The van der Waals surface area contributed by atoms with Gasteiger partial charge in [0.15, 0.2) is 0 Å². The van der Waals surface area contributed by atoms with Gasteiger partial charge >= 0.3 is 6.18 Å². The predicted molar refractivity (Wildman–Crippen MR) is 43.0 cm³/mol. The number of phenolic OH excluding ortho intramolecular Hbond substituents is 1. The third-order valence-corrected chi connectivity index (χ3v) is 2.01. The average Bonchev–Trinajstić information content (AvgIpc) is 2.15. The summed E-state index contributed by atoms with van der Waals surface area (Å²) in [6.45, 7) is 0. The molecule has 0 radical (unpaired) electrons. The Kier molecular flexibility index (Phi) is 3.07. The van der Waals surface area contributed by atoms with Crippen LogP contribution in [-0.2, 0) is 5.67 Å². The summed E-state index contributed by atoms with van der Waals surface area (Å²) in [4.78, 5) is 0. The highest BCUT2D eigenvalue weighted by atomic mass is 19.4. The van der Waals surface area contributed by atoms with Crippen LogP contribution in [0.15, 0.2) is 24.3 Å². The molecule has 0 spiro atoms. The van der Waals surface area contributed by atoms with Crippen LogP contribution in [0.1, 0.15) is 5.56 Å². The van der Waals surface area contributed by atoms with Crippen molar-refractivity contribution in [3.63, 3.8) is 0 Å². The van der Waals surface area contributed by atoms with E-state index in [1.807, 2.05) is 0 Å². The lowest BCUT2D eigenvalue weighted by molar-refractivity contribution is -0.274. The van der Waals surface area contributed by atoms with Crippen LogP contribution in [0.3, 0.4) is 0 Å². The molecular formula is C9H6F6O. The van der Waals surface area contributed by atoms with Gasteiger partial charge in [-0.05, 0) is 6.07 Å². The molecule has 1 unspecified atom stereocenters. The number of benzene rings is 1. The molecule has 0 aliphatic heterocycles. The van der Waals surface area contributed by atoms with Crippen molar-refractivity contribution in [2.45, 2.75) is 18.3 Å². The third-order valence-electron chi connectivity index (χ3n) is 2.01. The van der Waals surface area contributed by atoms with Crippen molar-refractivity contribution in [3.05, 3.63) is 29.8 Å². The molecule has 0 fully saturated rings. The van der Waals surface area contributed by atoms with Gasteiger partial charge in [-0.25, -0.2) is 13.2 Å². The first kappa shape index (κ1) is 12.7. The molecule has 0 heterocycles. The molecule has 0 aromatic heterocycles. The van der Waals surface area contributed by atoms with Crippen molar-refractivity contribution in [2.24, 2.45) is 0 Å². The SMILES string of the molecule is Oc1ccccc1C(F)(C(F)F)C(F)(F)F. The summed E-state index contributed by atoms with van der Waals surface area (Å²) in [5.74, 6) is -1.16. The lowest BCUT2D eigenvalue weighted by atomic mass is 9.94. The van der Waals surface area contributed by atoms with Gasteiger partial charge in [-0.15, -0.1) is 0 Å². The molecule has 0 amide bonds. The average molecular weight is 244 g/mol. The second-order valence-electron chi connectivity index (χ2n) is 3.03. The summed E-state index contributed by atoms with van der Waals surface area (Å²) < 4.78 is 74.6. The molecule has 90 valence electrons.